The summed E-state index contributed by atoms with van der Waals surface area (Å²) in [6.07, 6.45) is 1.66. The Bertz CT molecular complexity index is 470. The van der Waals surface area contributed by atoms with Crippen LogP contribution in [0.15, 0.2) is 12.3 Å². The van der Waals surface area contributed by atoms with E-state index in [1.54, 1.807) is 12.3 Å². The molecular weight excluding hydrogens is 220 g/mol. The number of hydrogen-bond acceptors (Lipinski definition) is 6. The maximum absolute atomic E-state index is 5.34. The number of aryl methyl sites for hydroxylation is 1. The van der Waals surface area contributed by atoms with Gasteiger partial charge in [-0.25, -0.2) is 4.98 Å². The average molecular weight is 234 g/mol. The summed E-state index contributed by atoms with van der Waals surface area (Å²) in [6.45, 7) is 4.88. The van der Waals surface area contributed by atoms with E-state index in [0.29, 0.717) is 30.7 Å². The van der Waals surface area contributed by atoms with Crippen molar-refractivity contribution in [3.63, 3.8) is 0 Å². The third-order valence-electron chi connectivity index (χ3n) is 2.02. The molecule has 0 radical (unpaired) electrons. The summed E-state index contributed by atoms with van der Waals surface area (Å²) in [7, 11) is 0. The third-order valence-corrected chi connectivity index (χ3v) is 2.02. The topological polar surface area (TPSA) is 88.6 Å². The fraction of sp³-hybridized carbons (Fsp3) is 0.400. The van der Waals surface area contributed by atoms with Crippen LogP contribution in [-0.4, -0.2) is 32.0 Å². The monoisotopic (exact) mass is 234 g/mol. The highest BCUT2D eigenvalue weighted by Gasteiger charge is 2.03. The van der Waals surface area contributed by atoms with Gasteiger partial charge >= 0.3 is 0 Å². The zero-order valence-corrected chi connectivity index (χ0v) is 9.77. The number of ether oxygens (including phenoxy) is 1. The minimum atomic E-state index is 0.554. The molecule has 2 heterocycles. The van der Waals surface area contributed by atoms with Crippen LogP contribution in [0, 0.1) is 6.92 Å². The third kappa shape index (κ3) is 3.13. The Morgan fingerprint density at radius 1 is 1.41 bits per heavy atom. The van der Waals surface area contributed by atoms with Crippen LogP contribution in [0.1, 0.15) is 18.4 Å². The van der Waals surface area contributed by atoms with Crippen LogP contribution < -0.4 is 10.1 Å². The zero-order chi connectivity index (χ0) is 12.1. The SMILES string of the molecule is CCOc1cc(NCc2cn[nH]n2)nc(C)n1. The van der Waals surface area contributed by atoms with Crippen molar-refractivity contribution in [1.82, 2.24) is 25.4 Å². The highest BCUT2D eigenvalue weighted by molar-refractivity contribution is 5.38. The number of hydrogen-bond donors (Lipinski definition) is 2. The lowest BCUT2D eigenvalue weighted by Crippen LogP contribution is -2.05. The van der Waals surface area contributed by atoms with Gasteiger partial charge in [0.2, 0.25) is 5.88 Å². The second-order valence-corrected chi connectivity index (χ2v) is 3.39. The number of H-pyrrole nitrogens is 1. The molecule has 17 heavy (non-hydrogen) atoms. The fourth-order valence-electron chi connectivity index (χ4n) is 1.34. The molecule has 7 nitrogen and oxygen atoms in total. The first-order chi connectivity index (χ1) is 8.28. The molecule has 0 fully saturated rings. The summed E-state index contributed by atoms with van der Waals surface area (Å²) < 4.78 is 5.34. The number of nitrogens with zero attached hydrogens (tertiary/aromatic N) is 4. The van der Waals surface area contributed by atoms with Gasteiger partial charge in [0.1, 0.15) is 17.3 Å². The Hall–Kier alpha value is -2.18. The van der Waals surface area contributed by atoms with Gasteiger partial charge in [0.25, 0.3) is 0 Å². The van der Waals surface area contributed by atoms with E-state index >= 15 is 0 Å². The molecule has 0 bridgehead atoms. The summed E-state index contributed by atoms with van der Waals surface area (Å²) in [6, 6.07) is 1.76. The van der Waals surface area contributed by atoms with Crippen LogP contribution in [0.4, 0.5) is 5.82 Å². The van der Waals surface area contributed by atoms with Crippen LogP contribution in [0.3, 0.4) is 0 Å². The molecule has 2 rings (SSSR count). The van der Waals surface area contributed by atoms with Gasteiger partial charge in [-0.2, -0.15) is 20.4 Å². The molecular formula is C10H14N6O. The molecule has 2 N–H and O–H groups in total. The molecule has 0 aliphatic heterocycles. The summed E-state index contributed by atoms with van der Waals surface area (Å²) in [5.41, 5.74) is 0.819. The van der Waals surface area contributed by atoms with Gasteiger partial charge in [-0.3, -0.25) is 0 Å². The number of nitrogens with one attached hydrogen (secondary N) is 2. The van der Waals surface area contributed by atoms with Gasteiger partial charge in [0, 0.05) is 6.07 Å². The first kappa shape index (κ1) is 11.3. The maximum atomic E-state index is 5.34. The van der Waals surface area contributed by atoms with E-state index in [-0.39, 0.29) is 0 Å². The molecule has 90 valence electrons. The molecule has 0 spiro atoms. The van der Waals surface area contributed by atoms with Gasteiger partial charge in [0.15, 0.2) is 0 Å². The highest BCUT2D eigenvalue weighted by atomic mass is 16.5. The van der Waals surface area contributed by atoms with Gasteiger partial charge in [-0.1, -0.05) is 0 Å². The van der Waals surface area contributed by atoms with Crippen LogP contribution in [0.2, 0.25) is 0 Å². The van der Waals surface area contributed by atoms with Crippen molar-refractivity contribution < 1.29 is 4.74 Å². The van der Waals surface area contributed by atoms with E-state index < -0.39 is 0 Å². The Morgan fingerprint density at radius 3 is 3.00 bits per heavy atom. The lowest BCUT2D eigenvalue weighted by Gasteiger charge is -2.07. The maximum Gasteiger partial charge on any atom is 0.218 e. The van der Waals surface area contributed by atoms with Crippen molar-refractivity contribution in [2.45, 2.75) is 20.4 Å². The molecule has 0 aromatic carbocycles. The fourth-order valence-corrected chi connectivity index (χ4v) is 1.34. The van der Waals surface area contributed by atoms with Gasteiger partial charge in [-0.05, 0) is 13.8 Å². The summed E-state index contributed by atoms with van der Waals surface area (Å²) in [4.78, 5) is 8.42. The molecule has 0 saturated carbocycles. The van der Waals surface area contributed by atoms with Gasteiger partial charge in [-0.15, -0.1) is 0 Å². The van der Waals surface area contributed by atoms with E-state index in [2.05, 4.69) is 30.7 Å². The standard InChI is InChI=1S/C10H14N6O/c1-3-17-10-4-9(13-7(2)14-10)11-5-8-6-12-16-15-8/h4,6H,3,5H2,1-2H3,(H,11,13,14)(H,12,15,16). The Labute approximate surface area is 98.6 Å². The molecule has 0 unspecified atom stereocenters. The molecule has 2 aromatic rings. The van der Waals surface area contributed by atoms with Crippen LogP contribution in [-0.2, 0) is 6.54 Å². The van der Waals surface area contributed by atoms with Gasteiger partial charge in [0.05, 0.1) is 19.3 Å². The molecule has 7 heteroatoms. The van der Waals surface area contributed by atoms with Gasteiger partial charge < -0.3 is 10.1 Å². The van der Waals surface area contributed by atoms with Crippen molar-refractivity contribution in [3.05, 3.63) is 23.8 Å². The second kappa shape index (κ2) is 5.24. The first-order valence-electron chi connectivity index (χ1n) is 5.35. The lowest BCUT2D eigenvalue weighted by atomic mass is 10.4. The Morgan fingerprint density at radius 2 is 2.29 bits per heavy atom. The van der Waals surface area contributed by atoms with E-state index in [4.69, 9.17) is 4.74 Å². The summed E-state index contributed by atoms with van der Waals surface area (Å²) >= 11 is 0. The largest absolute Gasteiger partial charge is 0.478 e. The predicted octanol–water partition coefficient (Wildman–Crippen LogP) is 0.914. The zero-order valence-electron chi connectivity index (χ0n) is 9.77. The lowest BCUT2D eigenvalue weighted by molar-refractivity contribution is 0.325. The Kier molecular flexibility index (Phi) is 3.49. The van der Waals surface area contributed by atoms with E-state index in [0.717, 1.165) is 5.69 Å². The normalized spacial score (nSPS) is 10.2. The molecule has 0 atom stereocenters. The summed E-state index contributed by atoms with van der Waals surface area (Å²) in [5, 5.41) is 13.3. The number of anilines is 1. The highest BCUT2D eigenvalue weighted by Crippen LogP contribution is 2.13. The molecule has 0 aliphatic carbocycles. The van der Waals surface area contributed by atoms with Crippen molar-refractivity contribution in [1.29, 1.82) is 0 Å². The molecule has 0 saturated heterocycles. The number of aromatic amines is 1. The molecule has 0 aliphatic rings. The number of aromatic nitrogens is 5. The second-order valence-electron chi connectivity index (χ2n) is 3.39. The van der Waals surface area contributed by atoms with Crippen LogP contribution >= 0.6 is 0 Å². The van der Waals surface area contributed by atoms with E-state index in [1.165, 1.54) is 0 Å². The number of rotatable bonds is 5. The minimum Gasteiger partial charge on any atom is -0.478 e. The van der Waals surface area contributed by atoms with Crippen LogP contribution in [0.5, 0.6) is 5.88 Å². The van der Waals surface area contributed by atoms with E-state index in [1.807, 2.05) is 13.8 Å². The van der Waals surface area contributed by atoms with Crippen molar-refractivity contribution in [2.24, 2.45) is 0 Å². The quantitative estimate of drug-likeness (QED) is 0.799. The smallest absolute Gasteiger partial charge is 0.218 e. The van der Waals surface area contributed by atoms with Crippen molar-refractivity contribution >= 4 is 5.82 Å². The molecule has 2 aromatic heterocycles. The van der Waals surface area contributed by atoms with E-state index in [9.17, 15) is 0 Å². The summed E-state index contributed by atoms with van der Waals surface area (Å²) in [5.74, 6) is 1.95. The van der Waals surface area contributed by atoms with Crippen LogP contribution in [0.25, 0.3) is 0 Å². The minimum absolute atomic E-state index is 0.554. The average Bonchev–Trinajstić information content (AvgIpc) is 2.79. The van der Waals surface area contributed by atoms with Crippen molar-refractivity contribution in [2.75, 3.05) is 11.9 Å². The first-order valence-corrected chi connectivity index (χ1v) is 5.35. The van der Waals surface area contributed by atoms with Crippen molar-refractivity contribution in [3.8, 4) is 5.88 Å². The Balaban J connectivity index is 2.04. The predicted molar refractivity (Wildman–Crippen MR) is 61.6 cm³/mol. The molecule has 0 amide bonds.